The van der Waals surface area contributed by atoms with E-state index in [1.807, 2.05) is 56.3 Å². The predicted molar refractivity (Wildman–Crippen MR) is 109 cm³/mol. The number of hydrogen-bond acceptors (Lipinski definition) is 7. The SMILES string of the molecule is Cc1ccc(-n2nnnc2SCC(=O)N[C@@H](C)c2ccc3c(c2)OCCO3)cc1. The minimum atomic E-state index is -0.160. The fraction of sp³-hybridized carbons (Fsp3) is 0.300. The van der Waals surface area contributed by atoms with Gasteiger partial charge in [0.1, 0.15) is 13.2 Å². The van der Waals surface area contributed by atoms with Crippen LogP contribution in [0.15, 0.2) is 47.6 Å². The maximum atomic E-state index is 12.4. The van der Waals surface area contributed by atoms with Crippen molar-refractivity contribution in [2.75, 3.05) is 19.0 Å². The van der Waals surface area contributed by atoms with Crippen molar-refractivity contribution in [1.82, 2.24) is 25.5 Å². The minimum absolute atomic E-state index is 0.101. The third-order valence-corrected chi connectivity index (χ3v) is 5.41. The van der Waals surface area contributed by atoms with Crippen LogP contribution in [0.25, 0.3) is 5.69 Å². The van der Waals surface area contributed by atoms with E-state index in [2.05, 4.69) is 20.8 Å². The van der Waals surface area contributed by atoms with E-state index in [1.165, 1.54) is 11.8 Å². The summed E-state index contributed by atoms with van der Waals surface area (Å²) in [7, 11) is 0. The van der Waals surface area contributed by atoms with Gasteiger partial charge in [-0.2, -0.15) is 4.68 Å². The van der Waals surface area contributed by atoms with Crippen LogP contribution in [-0.4, -0.2) is 45.1 Å². The highest BCUT2D eigenvalue weighted by Gasteiger charge is 2.17. The molecule has 8 nitrogen and oxygen atoms in total. The Morgan fingerprint density at radius 1 is 1.17 bits per heavy atom. The molecule has 0 radical (unpaired) electrons. The smallest absolute Gasteiger partial charge is 0.230 e. The van der Waals surface area contributed by atoms with Crippen molar-refractivity contribution in [3.8, 4) is 17.2 Å². The molecular formula is C20H21N5O3S. The summed E-state index contributed by atoms with van der Waals surface area (Å²) in [6.45, 7) is 5.04. The van der Waals surface area contributed by atoms with Crippen LogP contribution in [0.4, 0.5) is 0 Å². The molecule has 0 bridgehead atoms. The van der Waals surface area contributed by atoms with Gasteiger partial charge in [-0.3, -0.25) is 4.79 Å². The number of carbonyl (C=O) groups excluding carboxylic acids is 1. The van der Waals surface area contributed by atoms with Gasteiger partial charge in [0.15, 0.2) is 11.5 Å². The first-order valence-corrected chi connectivity index (χ1v) is 10.3. The summed E-state index contributed by atoms with van der Waals surface area (Å²) < 4.78 is 12.8. The zero-order chi connectivity index (χ0) is 20.2. The van der Waals surface area contributed by atoms with Crippen LogP contribution in [0.2, 0.25) is 0 Å². The molecule has 0 saturated carbocycles. The normalized spacial score (nSPS) is 13.7. The first-order chi connectivity index (χ1) is 14.1. The molecule has 2 heterocycles. The molecule has 0 spiro atoms. The number of benzene rings is 2. The van der Waals surface area contributed by atoms with E-state index in [4.69, 9.17) is 9.47 Å². The lowest BCUT2D eigenvalue weighted by Gasteiger charge is -2.21. The van der Waals surface area contributed by atoms with Crippen molar-refractivity contribution in [2.45, 2.75) is 25.0 Å². The Morgan fingerprint density at radius 2 is 1.93 bits per heavy atom. The lowest BCUT2D eigenvalue weighted by molar-refractivity contribution is -0.119. The molecule has 1 N–H and O–H groups in total. The second-order valence-corrected chi connectivity index (χ2v) is 7.63. The number of aromatic nitrogens is 4. The highest BCUT2D eigenvalue weighted by Crippen LogP contribution is 2.32. The van der Waals surface area contributed by atoms with Gasteiger partial charge < -0.3 is 14.8 Å². The number of rotatable bonds is 6. The van der Waals surface area contributed by atoms with Crippen molar-refractivity contribution in [2.24, 2.45) is 0 Å². The minimum Gasteiger partial charge on any atom is -0.486 e. The summed E-state index contributed by atoms with van der Waals surface area (Å²) in [6.07, 6.45) is 0. The lowest BCUT2D eigenvalue weighted by Crippen LogP contribution is -2.28. The summed E-state index contributed by atoms with van der Waals surface area (Å²) >= 11 is 1.29. The van der Waals surface area contributed by atoms with Crippen LogP contribution >= 0.6 is 11.8 Å². The van der Waals surface area contributed by atoms with E-state index in [0.717, 1.165) is 22.6 Å². The Morgan fingerprint density at radius 3 is 2.72 bits per heavy atom. The number of ether oxygens (including phenoxy) is 2. The van der Waals surface area contributed by atoms with Gasteiger partial charge in [0, 0.05) is 0 Å². The molecular weight excluding hydrogens is 390 g/mol. The van der Waals surface area contributed by atoms with Gasteiger partial charge >= 0.3 is 0 Å². The van der Waals surface area contributed by atoms with Gasteiger partial charge in [-0.1, -0.05) is 35.5 Å². The van der Waals surface area contributed by atoms with Crippen molar-refractivity contribution in [3.05, 3.63) is 53.6 Å². The molecule has 2 aromatic carbocycles. The third kappa shape index (κ3) is 4.51. The molecule has 3 aromatic rings. The van der Waals surface area contributed by atoms with E-state index in [-0.39, 0.29) is 17.7 Å². The zero-order valence-electron chi connectivity index (χ0n) is 16.2. The van der Waals surface area contributed by atoms with Crippen LogP contribution in [-0.2, 0) is 4.79 Å². The van der Waals surface area contributed by atoms with Gasteiger partial charge in [0.25, 0.3) is 0 Å². The molecule has 9 heteroatoms. The van der Waals surface area contributed by atoms with Gasteiger partial charge in [0.2, 0.25) is 11.1 Å². The zero-order valence-corrected chi connectivity index (χ0v) is 17.0. The van der Waals surface area contributed by atoms with Gasteiger partial charge in [0.05, 0.1) is 17.5 Å². The quantitative estimate of drug-likeness (QED) is 0.624. The van der Waals surface area contributed by atoms with Crippen LogP contribution < -0.4 is 14.8 Å². The van der Waals surface area contributed by atoms with Crippen LogP contribution in [0.5, 0.6) is 11.5 Å². The Labute approximate surface area is 172 Å². The Bertz CT molecular complexity index is 1010. The number of carbonyl (C=O) groups is 1. The van der Waals surface area contributed by atoms with Crippen molar-refractivity contribution in [1.29, 1.82) is 0 Å². The average Bonchev–Trinajstić information content (AvgIpc) is 3.21. The lowest BCUT2D eigenvalue weighted by atomic mass is 10.1. The maximum Gasteiger partial charge on any atom is 0.230 e. The summed E-state index contributed by atoms with van der Waals surface area (Å²) in [5.41, 5.74) is 2.97. The first kappa shape index (κ1) is 19.3. The molecule has 1 aliphatic rings. The standard InChI is InChI=1S/C20H21N5O3S/c1-13-3-6-16(7-4-13)25-20(22-23-24-25)29-12-19(26)21-14(2)15-5-8-17-18(11-15)28-10-9-27-17/h3-8,11,14H,9-10,12H2,1-2H3,(H,21,26)/t14-/m0/s1. The van der Waals surface area contributed by atoms with Crippen LogP contribution in [0.3, 0.4) is 0 Å². The van der Waals surface area contributed by atoms with Crippen LogP contribution in [0, 0.1) is 6.92 Å². The average molecular weight is 411 g/mol. The molecule has 0 fully saturated rings. The van der Waals surface area contributed by atoms with Crippen molar-refractivity contribution in [3.63, 3.8) is 0 Å². The maximum absolute atomic E-state index is 12.4. The van der Waals surface area contributed by atoms with Gasteiger partial charge in [-0.05, 0) is 54.1 Å². The second-order valence-electron chi connectivity index (χ2n) is 6.69. The molecule has 1 aliphatic heterocycles. The Kier molecular flexibility index (Phi) is 5.66. The molecule has 4 rings (SSSR count). The van der Waals surface area contributed by atoms with E-state index < -0.39 is 0 Å². The molecule has 0 aliphatic carbocycles. The Hall–Kier alpha value is -3.07. The third-order valence-electron chi connectivity index (χ3n) is 4.50. The number of tetrazole rings is 1. The molecule has 1 amide bonds. The van der Waals surface area contributed by atoms with E-state index in [9.17, 15) is 4.79 Å². The number of hydrogen-bond donors (Lipinski definition) is 1. The first-order valence-electron chi connectivity index (χ1n) is 9.27. The molecule has 1 aromatic heterocycles. The number of amides is 1. The van der Waals surface area contributed by atoms with Gasteiger partial charge in [-0.25, -0.2) is 0 Å². The number of nitrogens with zero attached hydrogens (tertiary/aromatic N) is 4. The monoisotopic (exact) mass is 411 g/mol. The fourth-order valence-electron chi connectivity index (χ4n) is 2.94. The number of aryl methyl sites for hydroxylation is 1. The summed E-state index contributed by atoms with van der Waals surface area (Å²) in [4.78, 5) is 12.4. The van der Waals surface area contributed by atoms with E-state index >= 15 is 0 Å². The van der Waals surface area contributed by atoms with E-state index in [1.54, 1.807) is 4.68 Å². The Balaban J connectivity index is 1.36. The summed E-state index contributed by atoms with van der Waals surface area (Å²) in [6, 6.07) is 13.4. The summed E-state index contributed by atoms with van der Waals surface area (Å²) in [5, 5.41) is 15.3. The second kappa shape index (κ2) is 8.52. The van der Waals surface area contributed by atoms with Gasteiger partial charge in [-0.15, -0.1) is 5.10 Å². The molecule has 29 heavy (non-hydrogen) atoms. The summed E-state index contributed by atoms with van der Waals surface area (Å²) in [5.74, 6) is 1.55. The highest BCUT2D eigenvalue weighted by atomic mass is 32.2. The molecule has 1 atom stereocenters. The number of fused-ring (bicyclic) bond motifs is 1. The van der Waals surface area contributed by atoms with Crippen molar-refractivity contribution >= 4 is 17.7 Å². The fourth-order valence-corrected chi connectivity index (χ4v) is 3.64. The highest BCUT2D eigenvalue weighted by molar-refractivity contribution is 7.99. The topological polar surface area (TPSA) is 91.2 Å². The predicted octanol–water partition coefficient (Wildman–Crippen LogP) is 2.71. The largest absolute Gasteiger partial charge is 0.486 e. The van der Waals surface area contributed by atoms with Crippen molar-refractivity contribution < 1.29 is 14.3 Å². The molecule has 150 valence electrons. The number of nitrogens with one attached hydrogen (secondary N) is 1. The van der Waals surface area contributed by atoms with E-state index in [0.29, 0.717) is 24.1 Å². The number of thioether (sulfide) groups is 1. The molecule has 0 saturated heterocycles. The van der Waals surface area contributed by atoms with Crippen LogP contribution in [0.1, 0.15) is 24.1 Å². The molecule has 0 unspecified atom stereocenters.